The normalized spacial score (nSPS) is 14.8. The van der Waals surface area contributed by atoms with Gasteiger partial charge >= 0.3 is 0 Å². The number of nitrogens with zero attached hydrogens (tertiary/aromatic N) is 3. The van der Waals surface area contributed by atoms with Gasteiger partial charge in [-0.15, -0.1) is 0 Å². The van der Waals surface area contributed by atoms with E-state index in [4.69, 9.17) is 9.47 Å². The third kappa shape index (κ3) is 2.52. The summed E-state index contributed by atoms with van der Waals surface area (Å²) in [5, 5.41) is 16.6. The summed E-state index contributed by atoms with van der Waals surface area (Å²) in [6.45, 7) is 0.131. The van der Waals surface area contributed by atoms with Crippen LogP contribution in [-0.4, -0.2) is 34.8 Å². The first-order valence-corrected chi connectivity index (χ1v) is 8.57. The standard InChI is InChI=1S/C20H11N3O6/c24-19-13-3-1-2-12-15(23(26)27)6-5-14(18(12)13)20(25)22(19)21-9-11-4-7-16-17(8-11)29-10-28-16/h1-9H,10H2/b21-9-. The van der Waals surface area contributed by atoms with Crippen molar-refractivity contribution in [2.45, 2.75) is 0 Å². The lowest BCUT2D eigenvalue weighted by molar-refractivity contribution is -0.383. The topological polar surface area (TPSA) is 111 Å². The second-order valence-electron chi connectivity index (χ2n) is 6.40. The Balaban J connectivity index is 1.57. The van der Waals surface area contributed by atoms with Crippen LogP contribution in [0.3, 0.4) is 0 Å². The number of nitro benzene ring substituents is 1. The number of hydrogen-bond acceptors (Lipinski definition) is 7. The van der Waals surface area contributed by atoms with E-state index in [2.05, 4.69) is 5.10 Å². The van der Waals surface area contributed by atoms with Gasteiger partial charge in [-0.25, -0.2) is 0 Å². The number of non-ortho nitro benzene ring substituents is 1. The van der Waals surface area contributed by atoms with Gasteiger partial charge in [0.1, 0.15) is 0 Å². The predicted octanol–water partition coefficient (Wildman–Crippen LogP) is 3.11. The summed E-state index contributed by atoms with van der Waals surface area (Å²) in [5.41, 5.74) is 0.818. The zero-order valence-electron chi connectivity index (χ0n) is 14.7. The third-order valence-electron chi connectivity index (χ3n) is 4.78. The molecule has 9 heteroatoms. The molecule has 3 aromatic rings. The van der Waals surface area contributed by atoms with Crippen molar-refractivity contribution < 1.29 is 24.0 Å². The number of hydrazone groups is 1. The average Bonchev–Trinajstić information content (AvgIpc) is 3.19. The van der Waals surface area contributed by atoms with Crippen LogP contribution in [0.15, 0.2) is 53.6 Å². The first-order valence-electron chi connectivity index (χ1n) is 8.57. The maximum atomic E-state index is 12.9. The van der Waals surface area contributed by atoms with E-state index in [1.807, 2.05) is 0 Å². The Morgan fingerprint density at radius 2 is 1.76 bits per heavy atom. The Labute approximate surface area is 162 Å². The van der Waals surface area contributed by atoms with E-state index in [1.54, 1.807) is 24.3 Å². The lowest BCUT2D eigenvalue weighted by Gasteiger charge is -2.22. The number of hydrogen-bond donors (Lipinski definition) is 0. The van der Waals surface area contributed by atoms with Gasteiger partial charge in [-0.1, -0.05) is 6.07 Å². The molecule has 0 saturated carbocycles. The summed E-state index contributed by atoms with van der Waals surface area (Å²) in [6.07, 6.45) is 1.37. The molecular formula is C20H11N3O6. The van der Waals surface area contributed by atoms with Crippen molar-refractivity contribution in [2.75, 3.05) is 6.79 Å². The minimum atomic E-state index is -0.648. The zero-order chi connectivity index (χ0) is 20.1. The molecule has 2 aliphatic rings. The average molecular weight is 389 g/mol. The summed E-state index contributed by atoms with van der Waals surface area (Å²) >= 11 is 0. The Morgan fingerprint density at radius 3 is 2.55 bits per heavy atom. The number of amides is 2. The first-order chi connectivity index (χ1) is 14.0. The molecule has 0 saturated heterocycles. The lowest BCUT2D eigenvalue weighted by Crippen LogP contribution is -2.36. The number of nitro groups is 1. The lowest BCUT2D eigenvalue weighted by atomic mass is 9.94. The summed E-state index contributed by atoms with van der Waals surface area (Å²) in [7, 11) is 0. The van der Waals surface area contributed by atoms with Gasteiger partial charge in [0.05, 0.1) is 27.7 Å². The van der Waals surface area contributed by atoms with E-state index in [-0.39, 0.29) is 34.4 Å². The van der Waals surface area contributed by atoms with Gasteiger partial charge in [-0.2, -0.15) is 10.1 Å². The van der Waals surface area contributed by atoms with Gasteiger partial charge < -0.3 is 9.47 Å². The maximum absolute atomic E-state index is 12.9. The van der Waals surface area contributed by atoms with E-state index in [1.165, 1.54) is 30.5 Å². The number of fused-ring (bicyclic) bond motifs is 1. The molecule has 0 aromatic heterocycles. The summed E-state index contributed by atoms with van der Waals surface area (Å²) in [6, 6.07) is 12.3. The molecule has 5 rings (SSSR count). The smallest absolute Gasteiger partial charge is 0.282 e. The highest BCUT2D eigenvalue weighted by Crippen LogP contribution is 2.35. The predicted molar refractivity (Wildman–Crippen MR) is 101 cm³/mol. The van der Waals surface area contributed by atoms with E-state index >= 15 is 0 Å². The SMILES string of the molecule is O=C1c2cccc3c([N+](=O)[O-])ccc(c23)C(=O)N1/N=C\c1ccc2c(c1)OCO2. The Kier molecular flexibility index (Phi) is 3.56. The molecule has 29 heavy (non-hydrogen) atoms. The maximum Gasteiger partial charge on any atom is 0.282 e. The van der Waals surface area contributed by atoms with Crippen molar-refractivity contribution in [1.29, 1.82) is 0 Å². The van der Waals surface area contributed by atoms with E-state index in [0.29, 0.717) is 17.1 Å². The van der Waals surface area contributed by atoms with Crippen LogP contribution < -0.4 is 9.47 Å². The van der Waals surface area contributed by atoms with Gasteiger partial charge in [-0.3, -0.25) is 19.7 Å². The second-order valence-corrected chi connectivity index (χ2v) is 6.40. The molecule has 2 heterocycles. The van der Waals surface area contributed by atoms with Gasteiger partial charge in [0.25, 0.3) is 17.5 Å². The van der Waals surface area contributed by atoms with Gasteiger partial charge in [-0.05, 0) is 42.0 Å². The molecule has 0 spiro atoms. The first kappa shape index (κ1) is 16.9. The van der Waals surface area contributed by atoms with Crippen LogP contribution in [-0.2, 0) is 0 Å². The van der Waals surface area contributed by atoms with E-state index in [9.17, 15) is 19.7 Å². The summed E-state index contributed by atoms with van der Waals surface area (Å²) < 4.78 is 10.5. The van der Waals surface area contributed by atoms with Gasteiger partial charge in [0.15, 0.2) is 11.5 Å². The highest BCUT2D eigenvalue weighted by Gasteiger charge is 2.34. The molecule has 0 radical (unpaired) electrons. The molecule has 0 atom stereocenters. The fraction of sp³-hybridized carbons (Fsp3) is 0.0500. The van der Waals surface area contributed by atoms with Crippen LogP contribution in [0.1, 0.15) is 26.3 Å². The highest BCUT2D eigenvalue weighted by atomic mass is 16.7. The number of benzene rings is 3. The molecule has 0 N–H and O–H groups in total. The van der Waals surface area contributed by atoms with E-state index in [0.717, 1.165) is 5.01 Å². The monoisotopic (exact) mass is 389 g/mol. The van der Waals surface area contributed by atoms with E-state index < -0.39 is 16.7 Å². The van der Waals surface area contributed by atoms with Crippen LogP contribution in [0.4, 0.5) is 5.69 Å². The van der Waals surface area contributed by atoms with Crippen molar-refractivity contribution in [3.8, 4) is 11.5 Å². The molecular weight excluding hydrogens is 378 g/mol. The second kappa shape index (κ2) is 6.13. The number of carbonyl (C=O) groups is 2. The number of imide groups is 1. The molecule has 0 unspecified atom stereocenters. The number of rotatable bonds is 3. The van der Waals surface area contributed by atoms with Crippen molar-refractivity contribution in [3.63, 3.8) is 0 Å². The Hall–Kier alpha value is -4.27. The zero-order valence-corrected chi connectivity index (χ0v) is 14.7. The summed E-state index contributed by atoms with van der Waals surface area (Å²) in [4.78, 5) is 36.5. The van der Waals surface area contributed by atoms with Crippen molar-refractivity contribution in [1.82, 2.24) is 5.01 Å². The highest BCUT2D eigenvalue weighted by molar-refractivity contribution is 6.26. The van der Waals surface area contributed by atoms with Crippen LogP contribution in [0.25, 0.3) is 10.8 Å². The molecule has 3 aromatic carbocycles. The van der Waals surface area contributed by atoms with Crippen LogP contribution in [0.5, 0.6) is 11.5 Å². The summed E-state index contributed by atoms with van der Waals surface area (Å²) in [5.74, 6) is -0.140. The van der Waals surface area contributed by atoms with Gasteiger partial charge in [0.2, 0.25) is 6.79 Å². The number of ether oxygens (including phenoxy) is 2. The van der Waals surface area contributed by atoms with Gasteiger partial charge in [0, 0.05) is 11.5 Å². The number of carbonyl (C=O) groups excluding carboxylic acids is 2. The van der Waals surface area contributed by atoms with Crippen LogP contribution in [0.2, 0.25) is 0 Å². The molecule has 2 amide bonds. The molecule has 0 fully saturated rings. The molecule has 142 valence electrons. The largest absolute Gasteiger partial charge is 0.454 e. The quantitative estimate of drug-likeness (QED) is 0.294. The molecule has 2 aliphatic heterocycles. The minimum Gasteiger partial charge on any atom is -0.454 e. The third-order valence-corrected chi connectivity index (χ3v) is 4.78. The fourth-order valence-corrected chi connectivity index (χ4v) is 3.45. The van der Waals surface area contributed by atoms with Crippen molar-refractivity contribution >= 4 is 34.5 Å². The Bertz CT molecular complexity index is 1240. The Morgan fingerprint density at radius 1 is 1.00 bits per heavy atom. The van der Waals surface area contributed by atoms with Crippen molar-refractivity contribution in [2.24, 2.45) is 5.10 Å². The molecule has 0 bridgehead atoms. The molecule has 9 nitrogen and oxygen atoms in total. The minimum absolute atomic E-state index is 0.131. The fourth-order valence-electron chi connectivity index (χ4n) is 3.45. The van der Waals surface area contributed by atoms with Crippen LogP contribution >= 0.6 is 0 Å². The van der Waals surface area contributed by atoms with Crippen molar-refractivity contribution in [3.05, 3.63) is 75.3 Å². The molecule has 0 aliphatic carbocycles. The van der Waals surface area contributed by atoms with Crippen LogP contribution in [0, 0.1) is 10.1 Å².